The lowest BCUT2D eigenvalue weighted by atomic mass is 9.77. The fourth-order valence-corrected chi connectivity index (χ4v) is 2.64. The van der Waals surface area contributed by atoms with Gasteiger partial charge in [0.05, 0.1) is 0 Å². The SMILES string of the molecule is Cc1noc(CCC(=O)NC2(C(=O)O)CCC(C)CC2)n1. The van der Waals surface area contributed by atoms with Crippen LogP contribution in [0.4, 0.5) is 0 Å². The summed E-state index contributed by atoms with van der Waals surface area (Å²) in [4.78, 5) is 27.6. The van der Waals surface area contributed by atoms with Crippen molar-refractivity contribution < 1.29 is 19.2 Å². The fourth-order valence-electron chi connectivity index (χ4n) is 2.64. The molecule has 7 heteroatoms. The molecule has 0 radical (unpaired) electrons. The molecule has 1 aromatic rings. The van der Waals surface area contributed by atoms with Crippen molar-refractivity contribution in [1.82, 2.24) is 15.5 Å². The molecule has 2 rings (SSSR count). The topological polar surface area (TPSA) is 105 Å². The van der Waals surface area contributed by atoms with Gasteiger partial charge in [-0.15, -0.1) is 0 Å². The van der Waals surface area contributed by atoms with Crippen LogP contribution in [-0.4, -0.2) is 32.7 Å². The summed E-state index contributed by atoms with van der Waals surface area (Å²) in [7, 11) is 0. The molecule has 0 bridgehead atoms. The molecule has 0 unspecified atom stereocenters. The van der Waals surface area contributed by atoms with Gasteiger partial charge in [-0.1, -0.05) is 12.1 Å². The number of carboxylic acids is 1. The molecule has 0 atom stereocenters. The molecule has 1 aliphatic rings. The molecule has 1 aromatic heterocycles. The van der Waals surface area contributed by atoms with Crippen LogP contribution in [-0.2, 0) is 16.0 Å². The number of amides is 1. The maximum Gasteiger partial charge on any atom is 0.329 e. The average Bonchev–Trinajstić information content (AvgIpc) is 2.85. The first-order chi connectivity index (χ1) is 9.91. The number of aliphatic carboxylic acids is 1. The highest BCUT2D eigenvalue weighted by Gasteiger charge is 2.42. The van der Waals surface area contributed by atoms with Crippen LogP contribution in [0.3, 0.4) is 0 Å². The van der Waals surface area contributed by atoms with Crippen molar-refractivity contribution in [3.8, 4) is 0 Å². The quantitative estimate of drug-likeness (QED) is 0.852. The van der Waals surface area contributed by atoms with Crippen molar-refractivity contribution >= 4 is 11.9 Å². The van der Waals surface area contributed by atoms with E-state index in [0.29, 0.717) is 36.9 Å². The van der Waals surface area contributed by atoms with Gasteiger partial charge in [-0.2, -0.15) is 4.98 Å². The highest BCUT2D eigenvalue weighted by atomic mass is 16.5. The maximum atomic E-state index is 12.0. The minimum atomic E-state index is -1.12. The lowest BCUT2D eigenvalue weighted by Gasteiger charge is -2.36. The van der Waals surface area contributed by atoms with Crippen molar-refractivity contribution in [1.29, 1.82) is 0 Å². The summed E-state index contributed by atoms with van der Waals surface area (Å²) in [6.45, 7) is 3.81. The van der Waals surface area contributed by atoms with Crippen LogP contribution in [0.2, 0.25) is 0 Å². The fraction of sp³-hybridized carbons (Fsp3) is 0.714. The average molecular weight is 295 g/mol. The van der Waals surface area contributed by atoms with E-state index in [4.69, 9.17) is 4.52 Å². The van der Waals surface area contributed by atoms with Crippen LogP contribution in [0.15, 0.2) is 4.52 Å². The Morgan fingerprint density at radius 2 is 2.10 bits per heavy atom. The standard InChI is InChI=1S/C14H21N3O4/c1-9-5-7-14(8-6-9,13(19)20)16-11(18)3-4-12-15-10(2)17-21-12/h9H,3-8H2,1-2H3,(H,16,18)(H,19,20). The van der Waals surface area contributed by atoms with E-state index in [-0.39, 0.29) is 12.3 Å². The summed E-state index contributed by atoms with van der Waals surface area (Å²) in [6, 6.07) is 0. The van der Waals surface area contributed by atoms with Gasteiger partial charge in [0.25, 0.3) is 0 Å². The highest BCUT2D eigenvalue weighted by molar-refractivity contribution is 5.87. The van der Waals surface area contributed by atoms with Crippen molar-refractivity contribution in [3.63, 3.8) is 0 Å². The number of hydrogen-bond acceptors (Lipinski definition) is 5. The lowest BCUT2D eigenvalue weighted by molar-refractivity contribution is -0.149. The summed E-state index contributed by atoms with van der Waals surface area (Å²) >= 11 is 0. The molecule has 1 amide bonds. The van der Waals surface area contributed by atoms with Gasteiger partial charge in [0.1, 0.15) is 5.54 Å². The number of nitrogens with zero attached hydrogens (tertiary/aromatic N) is 2. The van der Waals surface area contributed by atoms with E-state index in [2.05, 4.69) is 22.4 Å². The van der Waals surface area contributed by atoms with E-state index in [1.165, 1.54) is 0 Å². The Balaban J connectivity index is 1.91. The second-order valence-corrected chi connectivity index (χ2v) is 5.85. The molecule has 116 valence electrons. The first kappa shape index (κ1) is 15.5. The Kier molecular flexibility index (Phi) is 4.59. The zero-order valence-electron chi connectivity index (χ0n) is 12.4. The second-order valence-electron chi connectivity index (χ2n) is 5.85. The second kappa shape index (κ2) is 6.24. The predicted molar refractivity (Wildman–Crippen MR) is 73.5 cm³/mol. The molecule has 7 nitrogen and oxygen atoms in total. The Labute approximate surface area is 123 Å². The summed E-state index contributed by atoms with van der Waals surface area (Å²) < 4.78 is 4.93. The number of carbonyl (C=O) groups is 2. The van der Waals surface area contributed by atoms with Gasteiger partial charge in [-0.25, -0.2) is 4.79 Å². The van der Waals surface area contributed by atoms with Gasteiger partial charge in [0.2, 0.25) is 11.8 Å². The van der Waals surface area contributed by atoms with Gasteiger partial charge in [-0.05, 0) is 38.5 Å². The Hall–Kier alpha value is -1.92. The first-order valence-corrected chi connectivity index (χ1v) is 7.25. The molecule has 21 heavy (non-hydrogen) atoms. The summed E-state index contributed by atoms with van der Waals surface area (Å²) in [5.74, 6) is 0.188. The molecule has 1 saturated carbocycles. The van der Waals surface area contributed by atoms with E-state index < -0.39 is 11.5 Å². The minimum Gasteiger partial charge on any atom is -0.480 e. The van der Waals surface area contributed by atoms with Crippen molar-refractivity contribution in [2.75, 3.05) is 0 Å². The molecule has 2 N–H and O–H groups in total. The first-order valence-electron chi connectivity index (χ1n) is 7.25. The normalized spacial score (nSPS) is 25.5. The summed E-state index contributed by atoms with van der Waals surface area (Å²) in [5, 5.41) is 15.8. The van der Waals surface area contributed by atoms with Crippen LogP contribution in [0.1, 0.15) is 50.7 Å². The number of hydrogen-bond donors (Lipinski definition) is 2. The zero-order chi connectivity index (χ0) is 15.5. The van der Waals surface area contributed by atoms with Gasteiger partial charge in [-0.3, -0.25) is 4.79 Å². The number of aryl methyl sites for hydroxylation is 2. The molecule has 0 aromatic carbocycles. The Morgan fingerprint density at radius 1 is 1.43 bits per heavy atom. The van der Waals surface area contributed by atoms with E-state index in [1.807, 2.05) is 0 Å². The highest BCUT2D eigenvalue weighted by Crippen LogP contribution is 2.32. The van der Waals surface area contributed by atoms with E-state index in [0.717, 1.165) is 12.8 Å². The number of carbonyl (C=O) groups excluding carboxylic acids is 1. The Bertz CT molecular complexity index is 518. The lowest BCUT2D eigenvalue weighted by Crippen LogP contribution is -2.56. The smallest absolute Gasteiger partial charge is 0.329 e. The third-order valence-electron chi connectivity index (χ3n) is 4.05. The molecule has 0 aliphatic heterocycles. The number of rotatable bonds is 5. The zero-order valence-corrected chi connectivity index (χ0v) is 12.4. The minimum absolute atomic E-state index is 0.145. The largest absolute Gasteiger partial charge is 0.480 e. The third-order valence-corrected chi connectivity index (χ3v) is 4.05. The van der Waals surface area contributed by atoms with E-state index >= 15 is 0 Å². The Morgan fingerprint density at radius 3 is 2.62 bits per heavy atom. The van der Waals surface area contributed by atoms with Crippen molar-refractivity contribution in [2.45, 2.75) is 57.9 Å². The molecule has 1 aliphatic carbocycles. The van der Waals surface area contributed by atoms with E-state index in [9.17, 15) is 14.7 Å². The van der Waals surface area contributed by atoms with Gasteiger partial charge < -0.3 is 14.9 Å². The maximum absolute atomic E-state index is 12.0. The summed E-state index contributed by atoms with van der Waals surface area (Å²) in [6.07, 6.45) is 3.06. The van der Waals surface area contributed by atoms with Crippen LogP contribution in [0.5, 0.6) is 0 Å². The number of aromatic nitrogens is 2. The molecular formula is C14H21N3O4. The molecule has 0 spiro atoms. The van der Waals surface area contributed by atoms with E-state index in [1.54, 1.807) is 6.92 Å². The van der Waals surface area contributed by atoms with Crippen molar-refractivity contribution in [2.24, 2.45) is 5.92 Å². The number of nitrogens with one attached hydrogen (secondary N) is 1. The predicted octanol–water partition coefficient (Wildman–Crippen LogP) is 1.46. The third kappa shape index (κ3) is 3.80. The molecular weight excluding hydrogens is 274 g/mol. The molecule has 1 fully saturated rings. The van der Waals surface area contributed by atoms with Crippen LogP contribution >= 0.6 is 0 Å². The molecule has 1 heterocycles. The van der Waals surface area contributed by atoms with Gasteiger partial charge in [0, 0.05) is 12.8 Å². The molecule has 0 saturated heterocycles. The monoisotopic (exact) mass is 295 g/mol. The van der Waals surface area contributed by atoms with Crippen LogP contribution < -0.4 is 5.32 Å². The van der Waals surface area contributed by atoms with Crippen molar-refractivity contribution in [3.05, 3.63) is 11.7 Å². The van der Waals surface area contributed by atoms with Gasteiger partial charge >= 0.3 is 5.97 Å². The van der Waals surface area contributed by atoms with Crippen LogP contribution in [0, 0.1) is 12.8 Å². The summed E-state index contributed by atoms with van der Waals surface area (Å²) in [5.41, 5.74) is -1.12. The number of carboxylic acid groups (broad SMARTS) is 1. The van der Waals surface area contributed by atoms with Gasteiger partial charge in [0.15, 0.2) is 5.82 Å². The van der Waals surface area contributed by atoms with Crippen LogP contribution in [0.25, 0.3) is 0 Å².